The van der Waals surface area contributed by atoms with Crippen molar-refractivity contribution in [3.8, 4) is 12.5 Å². The zero-order chi connectivity index (χ0) is 8.36. The third-order valence-electron chi connectivity index (χ3n) is 0.989. The summed E-state index contributed by atoms with van der Waals surface area (Å²) in [7, 11) is 0. The zero-order valence-corrected chi connectivity index (χ0v) is 6.84. The van der Waals surface area contributed by atoms with Gasteiger partial charge in [-0.3, -0.25) is 0 Å². The van der Waals surface area contributed by atoms with Gasteiger partial charge in [0.15, 0.2) is 0 Å². The minimum absolute atomic E-state index is 0.447. The first-order chi connectivity index (χ1) is 5.41. The minimum Gasteiger partial charge on any atom is -0.444 e. The first kappa shape index (κ1) is 10.3. The summed E-state index contributed by atoms with van der Waals surface area (Å²) in [6, 6.07) is 0. The van der Waals surface area contributed by atoms with Crippen LogP contribution in [0.15, 0.2) is 0 Å². The van der Waals surface area contributed by atoms with Crippen LogP contribution in [0, 0.1) is 12.5 Å². The van der Waals surface area contributed by atoms with Gasteiger partial charge in [-0.15, -0.1) is 0 Å². The van der Waals surface area contributed by atoms with Gasteiger partial charge in [0.05, 0.1) is 19.8 Å². The molecule has 0 spiro atoms. The van der Waals surface area contributed by atoms with Gasteiger partial charge < -0.3 is 14.2 Å². The highest BCUT2D eigenvalue weighted by atomic mass is 16.5. The Morgan fingerprint density at radius 3 is 2.36 bits per heavy atom. The summed E-state index contributed by atoms with van der Waals surface area (Å²) in [6.07, 6.45) is 6.90. The molecular weight excluding hydrogens is 144 g/mol. The molecule has 0 heterocycles. The fraction of sp³-hybridized carbons (Fsp3) is 0.750. The Bertz CT molecular complexity index is 106. The standard InChI is InChI=1S/C8H14O3/c1-3-9-5-7-11-8-6-10-4-2/h1H,4-8H2,2H3. The molecule has 0 aliphatic rings. The van der Waals surface area contributed by atoms with Crippen molar-refractivity contribution < 1.29 is 14.2 Å². The summed E-state index contributed by atoms with van der Waals surface area (Å²) in [5.41, 5.74) is 0. The van der Waals surface area contributed by atoms with E-state index in [9.17, 15) is 0 Å². The molecule has 0 rings (SSSR count). The maximum absolute atomic E-state index is 5.09. The summed E-state index contributed by atoms with van der Waals surface area (Å²) in [6.45, 7) is 4.87. The Hall–Kier alpha value is -0.720. The molecule has 0 aromatic heterocycles. The average molecular weight is 158 g/mol. The molecule has 0 aliphatic carbocycles. The molecule has 0 aromatic rings. The van der Waals surface area contributed by atoms with Crippen LogP contribution < -0.4 is 0 Å². The third-order valence-corrected chi connectivity index (χ3v) is 0.989. The van der Waals surface area contributed by atoms with Crippen molar-refractivity contribution in [2.24, 2.45) is 0 Å². The lowest BCUT2D eigenvalue weighted by Gasteiger charge is -2.02. The predicted octanol–water partition coefficient (Wildman–Crippen LogP) is 0.647. The van der Waals surface area contributed by atoms with Crippen molar-refractivity contribution in [2.75, 3.05) is 33.0 Å². The van der Waals surface area contributed by atoms with Crippen molar-refractivity contribution in [2.45, 2.75) is 6.92 Å². The second kappa shape index (κ2) is 9.28. The van der Waals surface area contributed by atoms with E-state index in [0.29, 0.717) is 26.4 Å². The monoisotopic (exact) mass is 158 g/mol. The molecule has 64 valence electrons. The number of ether oxygens (including phenoxy) is 3. The lowest BCUT2D eigenvalue weighted by atomic mass is 10.7. The molecule has 0 saturated carbocycles. The van der Waals surface area contributed by atoms with Crippen molar-refractivity contribution in [3.63, 3.8) is 0 Å². The van der Waals surface area contributed by atoms with Crippen LogP contribution in [-0.2, 0) is 14.2 Å². The Morgan fingerprint density at radius 2 is 1.73 bits per heavy atom. The van der Waals surface area contributed by atoms with E-state index >= 15 is 0 Å². The Balaban J connectivity index is 2.75. The Labute approximate surface area is 67.6 Å². The predicted molar refractivity (Wildman–Crippen MR) is 42.1 cm³/mol. The molecule has 0 radical (unpaired) electrons. The lowest BCUT2D eigenvalue weighted by Crippen LogP contribution is -2.07. The quantitative estimate of drug-likeness (QED) is 0.402. The van der Waals surface area contributed by atoms with E-state index in [2.05, 4.69) is 10.8 Å². The molecule has 3 nitrogen and oxygen atoms in total. The van der Waals surface area contributed by atoms with E-state index < -0.39 is 0 Å². The van der Waals surface area contributed by atoms with Crippen LogP contribution >= 0.6 is 0 Å². The van der Waals surface area contributed by atoms with Crippen LogP contribution in [0.5, 0.6) is 0 Å². The fourth-order valence-electron chi connectivity index (χ4n) is 0.524. The van der Waals surface area contributed by atoms with E-state index in [4.69, 9.17) is 15.9 Å². The van der Waals surface area contributed by atoms with Crippen molar-refractivity contribution in [1.82, 2.24) is 0 Å². The minimum atomic E-state index is 0.447. The molecule has 3 heteroatoms. The fourth-order valence-corrected chi connectivity index (χ4v) is 0.524. The summed E-state index contributed by atoms with van der Waals surface area (Å²) < 4.78 is 14.7. The Morgan fingerprint density at radius 1 is 1.09 bits per heavy atom. The van der Waals surface area contributed by atoms with Crippen LogP contribution in [0.3, 0.4) is 0 Å². The van der Waals surface area contributed by atoms with E-state index in [1.807, 2.05) is 6.92 Å². The van der Waals surface area contributed by atoms with Gasteiger partial charge in [0.25, 0.3) is 0 Å². The van der Waals surface area contributed by atoms with Gasteiger partial charge >= 0.3 is 0 Å². The zero-order valence-electron chi connectivity index (χ0n) is 6.84. The highest BCUT2D eigenvalue weighted by Crippen LogP contribution is 1.78. The summed E-state index contributed by atoms with van der Waals surface area (Å²) >= 11 is 0. The number of terminal acetylenes is 1. The molecule has 0 aliphatic heterocycles. The molecular formula is C8H14O3. The number of rotatable bonds is 7. The Kier molecular flexibility index (Phi) is 8.67. The second-order valence-electron chi connectivity index (χ2n) is 1.78. The molecule has 0 N–H and O–H groups in total. The van der Waals surface area contributed by atoms with Crippen LogP contribution in [0.25, 0.3) is 0 Å². The van der Waals surface area contributed by atoms with E-state index in [-0.39, 0.29) is 0 Å². The van der Waals surface area contributed by atoms with Gasteiger partial charge in [0, 0.05) is 6.61 Å². The summed E-state index contributed by atoms with van der Waals surface area (Å²) in [5.74, 6) is 0. The van der Waals surface area contributed by atoms with Gasteiger partial charge in [0.2, 0.25) is 0 Å². The topological polar surface area (TPSA) is 27.7 Å². The van der Waals surface area contributed by atoms with E-state index in [0.717, 1.165) is 6.61 Å². The first-order valence-electron chi connectivity index (χ1n) is 3.64. The van der Waals surface area contributed by atoms with Gasteiger partial charge in [-0.2, -0.15) is 0 Å². The third kappa shape index (κ3) is 9.28. The van der Waals surface area contributed by atoms with E-state index in [1.54, 1.807) is 0 Å². The van der Waals surface area contributed by atoms with Gasteiger partial charge in [-0.05, 0) is 6.92 Å². The molecule has 0 bridgehead atoms. The molecule has 0 aromatic carbocycles. The molecule has 11 heavy (non-hydrogen) atoms. The highest BCUT2D eigenvalue weighted by Gasteiger charge is 1.87. The van der Waals surface area contributed by atoms with Crippen molar-refractivity contribution in [1.29, 1.82) is 0 Å². The van der Waals surface area contributed by atoms with Gasteiger partial charge in [-0.25, -0.2) is 0 Å². The largest absolute Gasteiger partial charge is 0.444 e. The van der Waals surface area contributed by atoms with Crippen LogP contribution in [0.1, 0.15) is 6.92 Å². The summed E-state index contributed by atoms with van der Waals surface area (Å²) in [4.78, 5) is 0. The van der Waals surface area contributed by atoms with Gasteiger partial charge in [-0.1, -0.05) is 6.42 Å². The average Bonchev–Trinajstić information content (AvgIpc) is 2.03. The molecule has 0 atom stereocenters. The maximum atomic E-state index is 5.09. The van der Waals surface area contributed by atoms with Crippen LogP contribution in [0.4, 0.5) is 0 Å². The maximum Gasteiger partial charge on any atom is 0.123 e. The SMILES string of the molecule is C#COCCOCCOCC. The smallest absolute Gasteiger partial charge is 0.123 e. The van der Waals surface area contributed by atoms with Crippen molar-refractivity contribution in [3.05, 3.63) is 0 Å². The highest BCUT2D eigenvalue weighted by molar-refractivity contribution is 4.67. The first-order valence-corrected chi connectivity index (χ1v) is 3.64. The van der Waals surface area contributed by atoms with E-state index in [1.165, 1.54) is 0 Å². The van der Waals surface area contributed by atoms with Crippen LogP contribution in [0.2, 0.25) is 0 Å². The van der Waals surface area contributed by atoms with Crippen LogP contribution in [-0.4, -0.2) is 33.0 Å². The number of hydrogen-bond acceptors (Lipinski definition) is 3. The number of hydrogen-bond donors (Lipinski definition) is 0. The van der Waals surface area contributed by atoms with Crippen molar-refractivity contribution >= 4 is 0 Å². The molecule has 0 fully saturated rings. The molecule has 0 saturated heterocycles. The van der Waals surface area contributed by atoms with Gasteiger partial charge in [0.1, 0.15) is 12.7 Å². The normalized spacial score (nSPS) is 9.09. The lowest BCUT2D eigenvalue weighted by molar-refractivity contribution is 0.0367. The summed E-state index contributed by atoms with van der Waals surface area (Å²) in [5, 5.41) is 0. The molecule has 0 amide bonds. The second-order valence-corrected chi connectivity index (χ2v) is 1.78. The molecule has 0 unspecified atom stereocenters.